The van der Waals surface area contributed by atoms with Crippen LogP contribution in [0.25, 0.3) is 0 Å². The largest absolute Gasteiger partial charge is 0.449 e. The quantitative estimate of drug-likeness (QED) is 0.734. The van der Waals surface area contributed by atoms with Gasteiger partial charge in [-0.3, -0.25) is 10.1 Å². The first kappa shape index (κ1) is 20.4. The summed E-state index contributed by atoms with van der Waals surface area (Å²) in [4.78, 5) is 35.7. The normalized spacial score (nSPS) is 11.6. The van der Waals surface area contributed by atoms with Gasteiger partial charge in [0.1, 0.15) is 10.7 Å². The highest BCUT2D eigenvalue weighted by Gasteiger charge is 2.26. The number of hydrogen-bond donors (Lipinski definition) is 2. The Morgan fingerprint density at radius 2 is 1.93 bits per heavy atom. The molecule has 2 rings (SSSR count). The molecule has 0 aliphatic heterocycles. The fourth-order valence-corrected chi connectivity index (χ4v) is 2.65. The molecule has 1 aromatic carbocycles. The number of benzene rings is 1. The number of ether oxygens (including phenoxy) is 1. The number of imide groups is 1. The van der Waals surface area contributed by atoms with E-state index in [4.69, 9.17) is 16.3 Å². The fourth-order valence-electron chi connectivity index (χ4n) is 2.34. The van der Waals surface area contributed by atoms with Crippen LogP contribution >= 0.6 is 11.6 Å². The zero-order valence-corrected chi connectivity index (χ0v) is 16.0. The summed E-state index contributed by atoms with van der Waals surface area (Å²) in [6, 6.07) is 8.86. The van der Waals surface area contributed by atoms with Gasteiger partial charge in [-0.2, -0.15) is 5.10 Å². The Labute approximate surface area is 161 Å². The lowest BCUT2D eigenvalue weighted by Crippen LogP contribution is -2.44. The average molecular weight is 393 g/mol. The second kappa shape index (κ2) is 9.18. The summed E-state index contributed by atoms with van der Waals surface area (Å²) in [6.07, 6.45) is -1.17. The van der Waals surface area contributed by atoms with Crippen molar-refractivity contribution in [2.24, 2.45) is 0 Å². The highest BCUT2D eigenvalue weighted by atomic mass is 35.5. The van der Waals surface area contributed by atoms with Crippen LogP contribution in [0.5, 0.6) is 0 Å². The number of carbonyl (C=O) groups is 3. The van der Waals surface area contributed by atoms with Crippen LogP contribution in [0.15, 0.2) is 30.3 Å². The number of nitrogens with zero attached hydrogens (tertiary/aromatic N) is 2. The van der Waals surface area contributed by atoms with Crippen molar-refractivity contribution in [1.82, 2.24) is 20.4 Å². The van der Waals surface area contributed by atoms with Crippen LogP contribution < -0.4 is 10.6 Å². The summed E-state index contributed by atoms with van der Waals surface area (Å²) in [5, 5.41) is 8.89. The highest BCUT2D eigenvalue weighted by Crippen LogP contribution is 2.22. The molecule has 0 radical (unpaired) electrons. The molecule has 9 heteroatoms. The minimum Gasteiger partial charge on any atom is -0.449 e. The molecule has 0 aliphatic carbocycles. The molecule has 3 amide bonds. The molecule has 0 spiro atoms. The highest BCUT2D eigenvalue weighted by molar-refractivity contribution is 6.32. The van der Waals surface area contributed by atoms with E-state index in [0.29, 0.717) is 18.8 Å². The second-order valence-corrected chi connectivity index (χ2v) is 6.15. The van der Waals surface area contributed by atoms with Crippen LogP contribution in [0.3, 0.4) is 0 Å². The monoisotopic (exact) mass is 392 g/mol. The maximum atomic E-state index is 12.4. The van der Waals surface area contributed by atoms with Crippen LogP contribution in [0.1, 0.15) is 35.5 Å². The number of carbonyl (C=O) groups excluding carboxylic acids is 3. The third-order valence-electron chi connectivity index (χ3n) is 3.67. The molecule has 2 N–H and O–H groups in total. The van der Waals surface area contributed by atoms with Gasteiger partial charge in [-0.15, -0.1) is 0 Å². The Kier molecular flexibility index (Phi) is 6.95. The molecule has 1 heterocycles. The molecule has 0 bridgehead atoms. The van der Waals surface area contributed by atoms with Gasteiger partial charge in [-0.1, -0.05) is 41.9 Å². The van der Waals surface area contributed by atoms with Gasteiger partial charge in [-0.05, 0) is 26.3 Å². The molecular weight excluding hydrogens is 372 g/mol. The van der Waals surface area contributed by atoms with E-state index >= 15 is 0 Å². The second-order valence-electron chi connectivity index (χ2n) is 5.79. The number of hydrogen-bond acceptors (Lipinski definition) is 5. The van der Waals surface area contributed by atoms with Crippen LogP contribution in [0, 0.1) is 6.92 Å². The van der Waals surface area contributed by atoms with Gasteiger partial charge in [-0.25, -0.2) is 14.3 Å². The third-order valence-corrected chi connectivity index (χ3v) is 4.06. The van der Waals surface area contributed by atoms with E-state index in [-0.39, 0.29) is 10.7 Å². The molecule has 0 fully saturated rings. The zero-order chi connectivity index (χ0) is 20.0. The number of aryl methyl sites for hydroxylation is 1. The third kappa shape index (κ3) is 5.30. The lowest BCUT2D eigenvalue weighted by atomic mass is 10.2. The van der Waals surface area contributed by atoms with Crippen molar-refractivity contribution in [3.8, 4) is 0 Å². The fraction of sp³-hybridized carbons (Fsp3) is 0.333. The Balaban J connectivity index is 2.08. The number of urea groups is 1. The Morgan fingerprint density at radius 3 is 2.56 bits per heavy atom. The SMILES string of the molecule is CCNC(=O)NC(=O)[C@@H](C)OC(=O)c1c(C)nn(Cc2ccccc2)c1Cl. The zero-order valence-electron chi connectivity index (χ0n) is 15.3. The molecule has 0 saturated heterocycles. The standard InChI is InChI=1S/C18H21ClN4O4/c1-4-20-18(26)21-16(24)12(3)27-17(25)14-11(2)22-23(15(14)19)10-13-8-6-5-7-9-13/h5-9,12H,4,10H2,1-3H3,(H2,20,21,24,26)/t12-/m1/s1. The number of halogens is 1. The Bertz CT molecular complexity index is 835. The van der Waals surface area contributed by atoms with Gasteiger partial charge in [0, 0.05) is 6.54 Å². The molecular formula is C18H21ClN4O4. The first-order chi connectivity index (χ1) is 12.8. The van der Waals surface area contributed by atoms with Crippen molar-refractivity contribution in [3.63, 3.8) is 0 Å². The molecule has 0 aliphatic rings. The van der Waals surface area contributed by atoms with E-state index in [1.807, 2.05) is 30.3 Å². The molecule has 27 heavy (non-hydrogen) atoms. The topological polar surface area (TPSA) is 102 Å². The van der Waals surface area contributed by atoms with Crippen LogP contribution in [0.4, 0.5) is 4.79 Å². The van der Waals surface area contributed by atoms with E-state index in [1.165, 1.54) is 11.6 Å². The van der Waals surface area contributed by atoms with Gasteiger partial charge < -0.3 is 10.1 Å². The number of nitrogens with one attached hydrogen (secondary N) is 2. The molecule has 8 nitrogen and oxygen atoms in total. The summed E-state index contributed by atoms with van der Waals surface area (Å²) in [7, 11) is 0. The van der Waals surface area contributed by atoms with Crippen LogP contribution in [-0.4, -0.2) is 40.3 Å². The Morgan fingerprint density at radius 1 is 1.26 bits per heavy atom. The van der Waals surface area contributed by atoms with Crippen molar-refractivity contribution < 1.29 is 19.1 Å². The maximum absolute atomic E-state index is 12.4. The summed E-state index contributed by atoms with van der Waals surface area (Å²) >= 11 is 6.30. The predicted octanol–water partition coefficient (Wildman–Crippen LogP) is 2.28. The predicted molar refractivity (Wildman–Crippen MR) is 99.6 cm³/mol. The van der Waals surface area contributed by atoms with E-state index in [2.05, 4.69) is 15.7 Å². The van der Waals surface area contributed by atoms with Crippen LogP contribution in [0.2, 0.25) is 5.15 Å². The minimum absolute atomic E-state index is 0.0882. The van der Waals surface area contributed by atoms with E-state index in [9.17, 15) is 14.4 Å². The number of esters is 1. The number of rotatable bonds is 6. The van der Waals surface area contributed by atoms with Crippen molar-refractivity contribution in [1.29, 1.82) is 0 Å². The summed E-state index contributed by atoms with van der Waals surface area (Å²) in [5.41, 5.74) is 1.44. The summed E-state index contributed by atoms with van der Waals surface area (Å²) in [5.74, 6) is -1.52. The molecule has 144 valence electrons. The van der Waals surface area contributed by atoms with Gasteiger partial charge >= 0.3 is 12.0 Å². The van der Waals surface area contributed by atoms with Crippen LogP contribution in [-0.2, 0) is 16.1 Å². The molecule has 0 saturated carbocycles. The van der Waals surface area contributed by atoms with E-state index in [0.717, 1.165) is 5.56 Å². The minimum atomic E-state index is -1.17. The van der Waals surface area contributed by atoms with Crippen molar-refractivity contribution >= 4 is 29.5 Å². The molecule has 0 unspecified atom stereocenters. The van der Waals surface area contributed by atoms with Crippen molar-refractivity contribution in [2.75, 3.05) is 6.54 Å². The van der Waals surface area contributed by atoms with Crippen molar-refractivity contribution in [3.05, 3.63) is 52.3 Å². The summed E-state index contributed by atoms with van der Waals surface area (Å²) < 4.78 is 6.62. The lowest BCUT2D eigenvalue weighted by Gasteiger charge is -2.13. The summed E-state index contributed by atoms with van der Waals surface area (Å²) in [6.45, 7) is 5.46. The van der Waals surface area contributed by atoms with Gasteiger partial charge in [0.15, 0.2) is 6.10 Å². The maximum Gasteiger partial charge on any atom is 0.343 e. The van der Waals surface area contributed by atoms with Gasteiger partial charge in [0.2, 0.25) is 0 Å². The average Bonchev–Trinajstić information content (AvgIpc) is 2.89. The smallest absolute Gasteiger partial charge is 0.343 e. The van der Waals surface area contributed by atoms with Gasteiger partial charge in [0.25, 0.3) is 5.91 Å². The first-order valence-electron chi connectivity index (χ1n) is 8.40. The molecule has 2 aromatic rings. The van der Waals surface area contributed by atoms with Crippen molar-refractivity contribution in [2.45, 2.75) is 33.4 Å². The molecule has 1 aromatic heterocycles. The number of aromatic nitrogens is 2. The lowest BCUT2D eigenvalue weighted by molar-refractivity contribution is -0.127. The number of amides is 3. The van der Waals surface area contributed by atoms with E-state index < -0.39 is 24.0 Å². The molecule has 1 atom stereocenters. The van der Waals surface area contributed by atoms with E-state index in [1.54, 1.807) is 13.8 Å². The first-order valence-corrected chi connectivity index (χ1v) is 8.77. The van der Waals surface area contributed by atoms with Gasteiger partial charge in [0.05, 0.1) is 12.2 Å². The Hall–Kier alpha value is -2.87.